The standard InChI is InChI=1S/C19H18Cl2N2O2/c1-2-12-3-6-15(7-4-12)22-19(25)13-9-18(24)23(11-13)17-10-14(20)5-8-16(17)21/h3-8,10,13H,2,9,11H2,1H3,(H,22,25)/t13-/m1/s1. The Balaban J connectivity index is 1.71. The molecule has 4 nitrogen and oxygen atoms in total. The van der Waals surface area contributed by atoms with E-state index < -0.39 is 5.92 Å². The molecule has 1 aliphatic heterocycles. The van der Waals surface area contributed by atoms with Crippen molar-refractivity contribution in [1.29, 1.82) is 0 Å². The number of amides is 2. The van der Waals surface area contributed by atoms with Gasteiger partial charge >= 0.3 is 0 Å². The molecule has 3 rings (SSSR count). The largest absolute Gasteiger partial charge is 0.326 e. The minimum Gasteiger partial charge on any atom is -0.326 e. The van der Waals surface area contributed by atoms with Crippen LogP contribution < -0.4 is 10.2 Å². The molecule has 1 aliphatic rings. The number of benzene rings is 2. The predicted molar refractivity (Wildman–Crippen MR) is 101 cm³/mol. The average Bonchev–Trinajstić information content (AvgIpc) is 2.99. The van der Waals surface area contributed by atoms with Crippen molar-refractivity contribution in [1.82, 2.24) is 0 Å². The van der Waals surface area contributed by atoms with Crippen molar-refractivity contribution < 1.29 is 9.59 Å². The quantitative estimate of drug-likeness (QED) is 0.850. The number of halogens is 2. The maximum absolute atomic E-state index is 12.5. The second-order valence-electron chi connectivity index (χ2n) is 6.04. The Hall–Kier alpha value is -2.04. The maximum atomic E-state index is 12.5. The number of carbonyl (C=O) groups is 2. The van der Waals surface area contributed by atoms with Gasteiger partial charge in [-0.1, -0.05) is 42.3 Å². The molecule has 0 aromatic heterocycles. The number of hydrogen-bond donors (Lipinski definition) is 1. The smallest absolute Gasteiger partial charge is 0.229 e. The molecule has 0 saturated carbocycles. The molecule has 1 N–H and O–H groups in total. The summed E-state index contributed by atoms with van der Waals surface area (Å²) in [5.41, 5.74) is 2.48. The minimum atomic E-state index is -0.423. The van der Waals surface area contributed by atoms with Crippen molar-refractivity contribution in [3.63, 3.8) is 0 Å². The van der Waals surface area contributed by atoms with Crippen LogP contribution in [0.2, 0.25) is 10.0 Å². The molecule has 6 heteroatoms. The van der Waals surface area contributed by atoms with Crippen LogP contribution in [-0.2, 0) is 16.0 Å². The summed E-state index contributed by atoms with van der Waals surface area (Å²) < 4.78 is 0. The molecule has 2 amide bonds. The van der Waals surface area contributed by atoms with Crippen molar-refractivity contribution in [2.45, 2.75) is 19.8 Å². The van der Waals surface area contributed by atoms with Gasteiger partial charge in [-0.15, -0.1) is 0 Å². The van der Waals surface area contributed by atoms with Crippen molar-refractivity contribution in [3.8, 4) is 0 Å². The second kappa shape index (κ2) is 7.46. The Morgan fingerprint density at radius 3 is 2.60 bits per heavy atom. The summed E-state index contributed by atoms with van der Waals surface area (Å²) in [6, 6.07) is 12.7. The van der Waals surface area contributed by atoms with Crippen molar-refractivity contribution in [2.75, 3.05) is 16.8 Å². The Kier molecular flexibility index (Phi) is 5.30. The molecule has 2 aromatic carbocycles. The highest BCUT2D eigenvalue weighted by molar-refractivity contribution is 6.36. The normalized spacial score (nSPS) is 17.0. The Morgan fingerprint density at radius 2 is 1.92 bits per heavy atom. The van der Waals surface area contributed by atoms with Gasteiger partial charge in [0.15, 0.2) is 0 Å². The molecule has 1 saturated heterocycles. The third-order valence-electron chi connectivity index (χ3n) is 4.32. The van der Waals surface area contributed by atoms with Gasteiger partial charge in [-0.2, -0.15) is 0 Å². The van der Waals surface area contributed by atoms with Gasteiger partial charge in [-0.05, 0) is 42.3 Å². The van der Waals surface area contributed by atoms with Crippen molar-refractivity contribution in [3.05, 3.63) is 58.1 Å². The molecule has 0 aliphatic carbocycles. The zero-order valence-electron chi connectivity index (χ0n) is 13.8. The fraction of sp³-hybridized carbons (Fsp3) is 0.263. The number of aryl methyl sites for hydroxylation is 1. The van der Waals surface area contributed by atoms with Crippen LogP contribution in [0.5, 0.6) is 0 Å². The van der Waals surface area contributed by atoms with E-state index in [1.807, 2.05) is 24.3 Å². The van der Waals surface area contributed by atoms with Gasteiger partial charge in [0.05, 0.1) is 16.6 Å². The summed E-state index contributed by atoms with van der Waals surface area (Å²) in [5, 5.41) is 3.81. The lowest BCUT2D eigenvalue weighted by Crippen LogP contribution is -2.28. The molecule has 0 radical (unpaired) electrons. The first kappa shape index (κ1) is 17.8. The van der Waals surface area contributed by atoms with Gasteiger partial charge in [-0.25, -0.2) is 0 Å². The van der Waals surface area contributed by atoms with Gasteiger partial charge in [0.25, 0.3) is 0 Å². The van der Waals surface area contributed by atoms with E-state index >= 15 is 0 Å². The zero-order valence-corrected chi connectivity index (χ0v) is 15.3. The van der Waals surface area contributed by atoms with E-state index in [0.717, 1.165) is 12.1 Å². The van der Waals surface area contributed by atoms with E-state index in [-0.39, 0.29) is 24.8 Å². The summed E-state index contributed by atoms with van der Waals surface area (Å²) in [6.07, 6.45) is 1.10. The van der Waals surface area contributed by atoms with Crippen LogP contribution >= 0.6 is 23.2 Å². The van der Waals surface area contributed by atoms with E-state index in [1.165, 1.54) is 10.5 Å². The highest BCUT2D eigenvalue weighted by atomic mass is 35.5. The molecule has 0 spiro atoms. The van der Waals surface area contributed by atoms with Crippen LogP contribution in [0.25, 0.3) is 0 Å². The summed E-state index contributed by atoms with van der Waals surface area (Å²) in [7, 11) is 0. The highest BCUT2D eigenvalue weighted by Gasteiger charge is 2.36. The van der Waals surface area contributed by atoms with E-state index in [1.54, 1.807) is 18.2 Å². The van der Waals surface area contributed by atoms with Crippen molar-refractivity contribution >= 4 is 46.4 Å². The van der Waals surface area contributed by atoms with Gasteiger partial charge in [0, 0.05) is 23.7 Å². The second-order valence-corrected chi connectivity index (χ2v) is 6.88. The lowest BCUT2D eigenvalue weighted by Gasteiger charge is -2.18. The van der Waals surface area contributed by atoms with Gasteiger partial charge in [0.2, 0.25) is 11.8 Å². The molecule has 0 unspecified atom stereocenters. The first-order chi connectivity index (χ1) is 12.0. The number of rotatable bonds is 4. The number of nitrogens with one attached hydrogen (secondary N) is 1. The summed E-state index contributed by atoms with van der Waals surface area (Å²) >= 11 is 12.2. The van der Waals surface area contributed by atoms with Crippen LogP contribution in [0.1, 0.15) is 18.9 Å². The lowest BCUT2D eigenvalue weighted by molar-refractivity contribution is -0.122. The van der Waals surface area contributed by atoms with Crippen LogP contribution in [-0.4, -0.2) is 18.4 Å². The number of nitrogens with zero attached hydrogens (tertiary/aromatic N) is 1. The van der Waals surface area contributed by atoms with Crippen LogP contribution in [0, 0.1) is 5.92 Å². The minimum absolute atomic E-state index is 0.134. The molecule has 0 bridgehead atoms. The third kappa shape index (κ3) is 3.97. The third-order valence-corrected chi connectivity index (χ3v) is 4.88. The van der Waals surface area contributed by atoms with E-state index in [4.69, 9.17) is 23.2 Å². The van der Waals surface area contributed by atoms with Crippen LogP contribution in [0.3, 0.4) is 0 Å². The molecular weight excluding hydrogens is 359 g/mol. The maximum Gasteiger partial charge on any atom is 0.229 e. The van der Waals surface area contributed by atoms with E-state index in [9.17, 15) is 9.59 Å². The molecule has 2 aromatic rings. The number of hydrogen-bond acceptors (Lipinski definition) is 2. The Morgan fingerprint density at radius 1 is 1.20 bits per heavy atom. The van der Waals surface area contributed by atoms with Crippen LogP contribution in [0.15, 0.2) is 42.5 Å². The van der Waals surface area contributed by atoms with Crippen molar-refractivity contribution in [2.24, 2.45) is 5.92 Å². The van der Waals surface area contributed by atoms with E-state index in [0.29, 0.717) is 15.7 Å². The predicted octanol–water partition coefficient (Wildman–Crippen LogP) is 4.55. The molecule has 1 fully saturated rings. The average molecular weight is 377 g/mol. The number of carbonyl (C=O) groups excluding carboxylic acids is 2. The Labute approximate surface area is 156 Å². The van der Waals surface area contributed by atoms with Gasteiger partial charge in [-0.3, -0.25) is 9.59 Å². The summed E-state index contributed by atoms with van der Waals surface area (Å²) in [4.78, 5) is 26.4. The first-order valence-electron chi connectivity index (χ1n) is 8.13. The fourth-order valence-electron chi connectivity index (χ4n) is 2.88. The van der Waals surface area contributed by atoms with Crippen LogP contribution in [0.4, 0.5) is 11.4 Å². The molecular formula is C19H18Cl2N2O2. The molecule has 130 valence electrons. The molecule has 1 atom stereocenters. The fourth-order valence-corrected chi connectivity index (χ4v) is 3.26. The Bertz CT molecular complexity index is 806. The van der Waals surface area contributed by atoms with Gasteiger partial charge < -0.3 is 10.2 Å². The molecule has 25 heavy (non-hydrogen) atoms. The highest BCUT2D eigenvalue weighted by Crippen LogP contribution is 2.33. The first-order valence-corrected chi connectivity index (χ1v) is 8.88. The van der Waals surface area contributed by atoms with E-state index in [2.05, 4.69) is 12.2 Å². The number of anilines is 2. The topological polar surface area (TPSA) is 49.4 Å². The SMILES string of the molecule is CCc1ccc(NC(=O)[C@@H]2CC(=O)N(c3cc(Cl)ccc3Cl)C2)cc1. The summed E-state index contributed by atoms with van der Waals surface area (Å²) in [6.45, 7) is 2.37. The van der Waals surface area contributed by atoms with Gasteiger partial charge in [0.1, 0.15) is 0 Å². The molecule has 1 heterocycles. The monoisotopic (exact) mass is 376 g/mol. The summed E-state index contributed by atoms with van der Waals surface area (Å²) in [5.74, 6) is -0.725. The zero-order chi connectivity index (χ0) is 18.0. The lowest BCUT2D eigenvalue weighted by atomic mass is 10.1.